The van der Waals surface area contributed by atoms with Gasteiger partial charge < -0.3 is 20.5 Å². The van der Waals surface area contributed by atoms with Crippen LogP contribution in [0.5, 0.6) is 5.75 Å². The second kappa shape index (κ2) is 8.92. The molecule has 1 aliphatic carbocycles. The molecule has 1 aliphatic rings. The molecule has 134 valence electrons. The van der Waals surface area contributed by atoms with Crippen molar-refractivity contribution < 1.29 is 9.84 Å². The van der Waals surface area contributed by atoms with Crippen molar-refractivity contribution in [3.63, 3.8) is 0 Å². The van der Waals surface area contributed by atoms with Crippen molar-refractivity contribution >= 4 is 5.96 Å². The maximum absolute atomic E-state index is 10.4. The number of aliphatic hydroxyl groups is 1. The topological polar surface area (TPSA) is 65.9 Å². The smallest absolute Gasteiger partial charge is 0.191 e. The van der Waals surface area contributed by atoms with Gasteiger partial charge in [-0.1, -0.05) is 25.0 Å². The molecule has 1 saturated carbocycles. The first-order valence-electron chi connectivity index (χ1n) is 8.94. The molecule has 3 N–H and O–H groups in total. The number of methoxy groups -OCH3 is 1. The predicted molar refractivity (Wildman–Crippen MR) is 98.8 cm³/mol. The van der Waals surface area contributed by atoms with E-state index in [0.29, 0.717) is 6.54 Å². The van der Waals surface area contributed by atoms with Crippen LogP contribution in [0.4, 0.5) is 0 Å². The molecule has 24 heavy (non-hydrogen) atoms. The summed E-state index contributed by atoms with van der Waals surface area (Å²) in [7, 11) is 1.70. The lowest BCUT2D eigenvalue weighted by atomic mass is 10.0. The summed E-state index contributed by atoms with van der Waals surface area (Å²) in [6, 6.07) is 6.30. The van der Waals surface area contributed by atoms with Gasteiger partial charge in [0.15, 0.2) is 5.96 Å². The van der Waals surface area contributed by atoms with E-state index in [1.807, 2.05) is 13.8 Å². The number of hydrogen-bond donors (Lipinski definition) is 3. The summed E-state index contributed by atoms with van der Waals surface area (Å²) in [4.78, 5) is 4.57. The molecule has 5 nitrogen and oxygen atoms in total. The SMILES string of the molecule is CCNC(=NCC1(O)CCCC1)NCCc1ccc(C)c(OC)c1. The van der Waals surface area contributed by atoms with Crippen LogP contribution in [-0.2, 0) is 6.42 Å². The lowest BCUT2D eigenvalue weighted by Gasteiger charge is -2.20. The molecular weight excluding hydrogens is 302 g/mol. The zero-order valence-corrected chi connectivity index (χ0v) is 15.2. The summed E-state index contributed by atoms with van der Waals surface area (Å²) >= 11 is 0. The first kappa shape index (κ1) is 18.6. The number of aryl methyl sites for hydroxylation is 1. The molecular formula is C19H31N3O2. The van der Waals surface area contributed by atoms with Crippen LogP contribution >= 0.6 is 0 Å². The van der Waals surface area contributed by atoms with Gasteiger partial charge in [-0.3, -0.25) is 4.99 Å². The summed E-state index contributed by atoms with van der Waals surface area (Å²) in [5, 5.41) is 17.0. The largest absolute Gasteiger partial charge is 0.496 e. The number of nitrogens with one attached hydrogen (secondary N) is 2. The van der Waals surface area contributed by atoms with Crippen molar-refractivity contribution in [2.24, 2.45) is 4.99 Å². The molecule has 0 aromatic heterocycles. The fourth-order valence-corrected chi connectivity index (χ4v) is 3.10. The van der Waals surface area contributed by atoms with Gasteiger partial charge in [-0.2, -0.15) is 0 Å². The Morgan fingerprint density at radius 3 is 2.71 bits per heavy atom. The Morgan fingerprint density at radius 1 is 1.29 bits per heavy atom. The summed E-state index contributed by atoms with van der Waals surface area (Å²) in [6.45, 7) is 6.16. The molecule has 1 aromatic carbocycles. The van der Waals surface area contributed by atoms with Crippen molar-refractivity contribution in [1.29, 1.82) is 0 Å². The minimum atomic E-state index is -0.604. The predicted octanol–water partition coefficient (Wildman–Crippen LogP) is 2.41. The van der Waals surface area contributed by atoms with E-state index in [4.69, 9.17) is 4.74 Å². The van der Waals surface area contributed by atoms with Crippen molar-refractivity contribution in [2.45, 2.75) is 51.6 Å². The number of rotatable bonds is 7. The molecule has 0 unspecified atom stereocenters. The Kier molecular flexibility index (Phi) is 6.91. The highest BCUT2D eigenvalue weighted by Crippen LogP contribution is 2.29. The first-order chi connectivity index (χ1) is 11.6. The number of benzene rings is 1. The van der Waals surface area contributed by atoms with Crippen LogP contribution in [0.3, 0.4) is 0 Å². The average Bonchev–Trinajstić information content (AvgIpc) is 3.01. The van der Waals surface area contributed by atoms with Gasteiger partial charge in [0.2, 0.25) is 0 Å². The van der Waals surface area contributed by atoms with E-state index >= 15 is 0 Å². The second-order valence-corrected chi connectivity index (χ2v) is 6.61. The summed E-state index contributed by atoms with van der Waals surface area (Å²) < 4.78 is 5.37. The molecule has 0 saturated heterocycles. The van der Waals surface area contributed by atoms with Crippen LogP contribution in [0, 0.1) is 6.92 Å². The average molecular weight is 333 g/mol. The molecule has 1 fully saturated rings. The van der Waals surface area contributed by atoms with E-state index in [1.165, 1.54) is 5.56 Å². The summed E-state index contributed by atoms with van der Waals surface area (Å²) in [5.41, 5.74) is 1.77. The van der Waals surface area contributed by atoms with E-state index in [0.717, 1.165) is 62.5 Å². The van der Waals surface area contributed by atoms with Crippen LogP contribution in [0.15, 0.2) is 23.2 Å². The van der Waals surface area contributed by atoms with E-state index in [-0.39, 0.29) is 0 Å². The molecule has 0 radical (unpaired) electrons. The number of ether oxygens (including phenoxy) is 1. The van der Waals surface area contributed by atoms with Gasteiger partial charge in [0.05, 0.1) is 19.3 Å². The van der Waals surface area contributed by atoms with Crippen LogP contribution in [-0.4, -0.2) is 43.4 Å². The molecule has 1 aromatic rings. The number of hydrogen-bond acceptors (Lipinski definition) is 3. The second-order valence-electron chi connectivity index (χ2n) is 6.61. The lowest BCUT2D eigenvalue weighted by Crippen LogP contribution is -2.40. The van der Waals surface area contributed by atoms with Gasteiger partial charge in [-0.05, 0) is 50.3 Å². The van der Waals surface area contributed by atoms with E-state index in [2.05, 4.69) is 33.8 Å². The van der Waals surface area contributed by atoms with Gasteiger partial charge in [-0.25, -0.2) is 0 Å². The maximum atomic E-state index is 10.4. The molecule has 0 atom stereocenters. The zero-order chi connectivity index (χ0) is 17.4. The molecule has 0 heterocycles. The highest BCUT2D eigenvalue weighted by molar-refractivity contribution is 5.79. The van der Waals surface area contributed by atoms with E-state index in [9.17, 15) is 5.11 Å². The zero-order valence-electron chi connectivity index (χ0n) is 15.2. The van der Waals surface area contributed by atoms with Gasteiger partial charge in [0, 0.05) is 13.1 Å². The van der Waals surface area contributed by atoms with Crippen LogP contribution < -0.4 is 15.4 Å². The third kappa shape index (κ3) is 5.41. The Morgan fingerprint density at radius 2 is 2.04 bits per heavy atom. The standard InChI is InChI=1S/C19H31N3O2/c1-4-20-18(22-14-19(23)10-5-6-11-19)21-12-9-16-8-7-15(2)17(13-16)24-3/h7-8,13,23H,4-6,9-12,14H2,1-3H3,(H2,20,21,22). The quantitative estimate of drug-likeness (QED) is 0.529. The highest BCUT2D eigenvalue weighted by Gasteiger charge is 2.30. The fraction of sp³-hybridized carbons (Fsp3) is 0.632. The van der Waals surface area contributed by atoms with Gasteiger partial charge in [0.25, 0.3) is 0 Å². The van der Waals surface area contributed by atoms with Crippen LogP contribution in [0.25, 0.3) is 0 Å². The minimum absolute atomic E-state index is 0.473. The number of aliphatic imine (C=N–C) groups is 1. The summed E-state index contributed by atoms with van der Waals surface area (Å²) in [5.74, 6) is 1.70. The molecule has 0 aliphatic heterocycles. The monoisotopic (exact) mass is 333 g/mol. The minimum Gasteiger partial charge on any atom is -0.496 e. The molecule has 0 bridgehead atoms. The molecule has 0 spiro atoms. The number of nitrogens with zero attached hydrogens (tertiary/aromatic N) is 1. The molecule has 0 amide bonds. The van der Waals surface area contributed by atoms with Gasteiger partial charge >= 0.3 is 0 Å². The van der Waals surface area contributed by atoms with Crippen LogP contribution in [0.1, 0.15) is 43.7 Å². The number of guanidine groups is 1. The summed E-state index contributed by atoms with van der Waals surface area (Å²) in [6.07, 6.45) is 4.82. The van der Waals surface area contributed by atoms with Crippen molar-refractivity contribution in [3.05, 3.63) is 29.3 Å². The molecule has 5 heteroatoms. The van der Waals surface area contributed by atoms with E-state index in [1.54, 1.807) is 7.11 Å². The lowest BCUT2D eigenvalue weighted by molar-refractivity contribution is 0.0574. The third-order valence-electron chi connectivity index (χ3n) is 4.59. The Bertz CT molecular complexity index is 552. The third-order valence-corrected chi connectivity index (χ3v) is 4.59. The van der Waals surface area contributed by atoms with Gasteiger partial charge in [-0.15, -0.1) is 0 Å². The maximum Gasteiger partial charge on any atom is 0.191 e. The highest BCUT2D eigenvalue weighted by atomic mass is 16.5. The van der Waals surface area contributed by atoms with Crippen molar-refractivity contribution in [2.75, 3.05) is 26.7 Å². The molecule has 2 rings (SSSR count). The first-order valence-corrected chi connectivity index (χ1v) is 8.94. The Hall–Kier alpha value is -1.75. The van der Waals surface area contributed by atoms with Gasteiger partial charge in [0.1, 0.15) is 5.75 Å². The van der Waals surface area contributed by atoms with Crippen molar-refractivity contribution in [3.8, 4) is 5.75 Å². The normalized spacial score (nSPS) is 16.9. The Balaban J connectivity index is 1.86. The Labute approximate surface area is 145 Å². The fourth-order valence-electron chi connectivity index (χ4n) is 3.10. The van der Waals surface area contributed by atoms with E-state index < -0.39 is 5.60 Å². The van der Waals surface area contributed by atoms with Crippen molar-refractivity contribution in [1.82, 2.24) is 10.6 Å². The van der Waals surface area contributed by atoms with Crippen LogP contribution in [0.2, 0.25) is 0 Å².